The van der Waals surface area contributed by atoms with E-state index in [1.807, 2.05) is 0 Å². The first kappa shape index (κ1) is 14.6. The van der Waals surface area contributed by atoms with E-state index in [0.717, 1.165) is 18.9 Å². The van der Waals surface area contributed by atoms with Crippen LogP contribution in [0.5, 0.6) is 5.75 Å². The third-order valence-corrected chi connectivity index (χ3v) is 5.03. The second kappa shape index (κ2) is 7.09. The molecule has 0 amide bonds. The Bertz CT molecular complexity index is 368. The van der Waals surface area contributed by atoms with Gasteiger partial charge < -0.3 is 10.1 Å². The molecular formula is C12H14I3NO. The SMILES string of the molecule is Ic1cc(I)c(OCC2CCCCN2)c(I)c1. The van der Waals surface area contributed by atoms with Crippen molar-refractivity contribution in [3.63, 3.8) is 0 Å². The van der Waals surface area contributed by atoms with Gasteiger partial charge in [0.1, 0.15) is 12.4 Å². The molecule has 0 spiro atoms. The van der Waals surface area contributed by atoms with Gasteiger partial charge in [-0.05, 0) is 99.3 Å². The van der Waals surface area contributed by atoms with Crippen LogP contribution in [0, 0.1) is 10.7 Å². The zero-order valence-corrected chi connectivity index (χ0v) is 15.8. The Hall–Kier alpha value is 1.17. The molecule has 94 valence electrons. The second-order valence-electron chi connectivity index (χ2n) is 4.16. The Morgan fingerprint density at radius 2 is 1.88 bits per heavy atom. The molecular weight excluding hydrogens is 555 g/mol. The van der Waals surface area contributed by atoms with E-state index >= 15 is 0 Å². The molecule has 1 unspecified atom stereocenters. The number of hydrogen-bond acceptors (Lipinski definition) is 2. The third kappa shape index (κ3) is 4.34. The van der Waals surface area contributed by atoms with Crippen LogP contribution in [0.4, 0.5) is 0 Å². The molecule has 0 aromatic heterocycles. The van der Waals surface area contributed by atoms with Crippen LogP contribution < -0.4 is 10.1 Å². The van der Waals surface area contributed by atoms with Crippen LogP contribution in [0.15, 0.2) is 12.1 Å². The van der Waals surface area contributed by atoms with Crippen molar-refractivity contribution in [3.05, 3.63) is 22.8 Å². The van der Waals surface area contributed by atoms with Gasteiger partial charge in [0.2, 0.25) is 0 Å². The average Bonchev–Trinajstić information content (AvgIpc) is 2.29. The highest BCUT2D eigenvalue weighted by Crippen LogP contribution is 2.29. The van der Waals surface area contributed by atoms with Crippen LogP contribution in [0.2, 0.25) is 0 Å². The molecule has 0 radical (unpaired) electrons. The van der Waals surface area contributed by atoms with Gasteiger partial charge >= 0.3 is 0 Å². The Morgan fingerprint density at radius 1 is 1.18 bits per heavy atom. The maximum Gasteiger partial charge on any atom is 0.146 e. The zero-order valence-electron chi connectivity index (χ0n) is 9.31. The minimum absolute atomic E-state index is 0.523. The molecule has 1 aromatic rings. The van der Waals surface area contributed by atoms with Gasteiger partial charge in [0.25, 0.3) is 0 Å². The molecule has 0 aliphatic carbocycles. The molecule has 5 heteroatoms. The minimum atomic E-state index is 0.523. The number of piperidine rings is 1. The van der Waals surface area contributed by atoms with E-state index in [-0.39, 0.29) is 0 Å². The van der Waals surface area contributed by atoms with Crippen LogP contribution in [0.3, 0.4) is 0 Å². The minimum Gasteiger partial charge on any atom is -0.490 e. The predicted molar refractivity (Wildman–Crippen MR) is 95.7 cm³/mol. The monoisotopic (exact) mass is 569 g/mol. The molecule has 2 rings (SSSR count). The largest absolute Gasteiger partial charge is 0.490 e. The summed E-state index contributed by atoms with van der Waals surface area (Å²) in [6, 6.07) is 4.84. The Kier molecular flexibility index (Phi) is 6.08. The van der Waals surface area contributed by atoms with Gasteiger partial charge in [-0.1, -0.05) is 6.42 Å². The quantitative estimate of drug-likeness (QED) is 0.557. The summed E-state index contributed by atoms with van der Waals surface area (Å²) in [6.45, 7) is 1.92. The van der Waals surface area contributed by atoms with Gasteiger partial charge in [-0.15, -0.1) is 0 Å². The number of ether oxygens (including phenoxy) is 1. The fraction of sp³-hybridized carbons (Fsp3) is 0.500. The van der Waals surface area contributed by atoms with Gasteiger partial charge in [-0.2, -0.15) is 0 Å². The van der Waals surface area contributed by atoms with Crippen molar-refractivity contribution in [1.82, 2.24) is 5.32 Å². The van der Waals surface area contributed by atoms with E-state index in [2.05, 4.69) is 85.2 Å². The van der Waals surface area contributed by atoms with E-state index in [9.17, 15) is 0 Å². The summed E-state index contributed by atoms with van der Waals surface area (Å²) in [7, 11) is 0. The fourth-order valence-electron chi connectivity index (χ4n) is 1.92. The Balaban J connectivity index is 1.98. The lowest BCUT2D eigenvalue weighted by Crippen LogP contribution is -2.38. The first-order chi connectivity index (χ1) is 8.16. The molecule has 17 heavy (non-hydrogen) atoms. The van der Waals surface area contributed by atoms with Crippen LogP contribution in [0.25, 0.3) is 0 Å². The summed E-state index contributed by atoms with van der Waals surface area (Å²) < 4.78 is 9.65. The van der Waals surface area contributed by atoms with Gasteiger partial charge in [0.05, 0.1) is 7.14 Å². The normalized spacial score (nSPS) is 20.3. The smallest absolute Gasteiger partial charge is 0.146 e. The molecule has 2 nitrogen and oxygen atoms in total. The molecule has 1 heterocycles. The van der Waals surface area contributed by atoms with E-state index in [0.29, 0.717) is 6.04 Å². The number of benzene rings is 1. The highest BCUT2D eigenvalue weighted by atomic mass is 127. The molecule has 1 saturated heterocycles. The van der Waals surface area contributed by atoms with Crippen LogP contribution in [-0.4, -0.2) is 19.2 Å². The summed E-state index contributed by atoms with van der Waals surface area (Å²) >= 11 is 7.04. The highest BCUT2D eigenvalue weighted by molar-refractivity contribution is 14.1. The lowest BCUT2D eigenvalue weighted by molar-refractivity contribution is 0.236. The molecule has 0 saturated carbocycles. The van der Waals surface area contributed by atoms with Gasteiger partial charge in [0, 0.05) is 9.61 Å². The molecule has 1 aromatic carbocycles. The topological polar surface area (TPSA) is 21.3 Å². The highest BCUT2D eigenvalue weighted by Gasteiger charge is 2.15. The van der Waals surface area contributed by atoms with Crippen molar-refractivity contribution in [2.24, 2.45) is 0 Å². The van der Waals surface area contributed by atoms with Crippen molar-refractivity contribution in [2.45, 2.75) is 25.3 Å². The number of halogens is 3. The lowest BCUT2D eigenvalue weighted by Gasteiger charge is -2.24. The molecule has 1 aliphatic rings. The van der Waals surface area contributed by atoms with E-state index < -0.39 is 0 Å². The first-order valence-electron chi connectivity index (χ1n) is 5.67. The molecule has 1 fully saturated rings. The van der Waals surface area contributed by atoms with Crippen LogP contribution in [0.1, 0.15) is 19.3 Å². The van der Waals surface area contributed by atoms with E-state index in [4.69, 9.17) is 4.74 Å². The average molecular weight is 569 g/mol. The van der Waals surface area contributed by atoms with Crippen LogP contribution in [-0.2, 0) is 0 Å². The fourth-order valence-corrected chi connectivity index (χ4v) is 5.81. The summed E-state index contributed by atoms with van der Waals surface area (Å²) in [5, 5.41) is 3.51. The Labute approximate surface area is 143 Å². The Morgan fingerprint density at radius 3 is 2.47 bits per heavy atom. The summed E-state index contributed by atoms with van der Waals surface area (Å²) in [4.78, 5) is 0. The number of nitrogens with one attached hydrogen (secondary N) is 1. The molecule has 1 atom stereocenters. The van der Waals surface area contributed by atoms with Crippen LogP contribution >= 0.6 is 67.8 Å². The van der Waals surface area contributed by atoms with Crippen molar-refractivity contribution < 1.29 is 4.74 Å². The molecule has 0 bridgehead atoms. The van der Waals surface area contributed by atoms with Crippen molar-refractivity contribution in [2.75, 3.05) is 13.2 Å². The standard InChI is InChI=1S/C12H14I3NO/c13-8-5-10(14)12(11(15)6-8)17-7-9-3-1-2-4-16-9/h5-6,9,16H,1-4,7H2. The van der Waals surface area contributed by atoms with Gasteiger partial charge in [0.15, 0.2) is 0 Å². The summed E-state index contributed by atoms with van der Waals surface area (Å²) in [5.41, 5.74) is 0. The third-order valence-electron chi connectivity index (χ3n) is 2.80. The van der Waals surface area contributed by atoms with E-state index in [1.54, 1.807) is 0 Å². The lowest BCUT2D eigenvalue weighted by atomic mass is 10.1. The van der Waals surface area contributed by atoms with Crippen molar-refractivity contribution in [1.29, 1.82) is 0 Å². The number of rotatable bonds is 3. The molecule has 1 aliphatic heterocycles. The predicted octanol–water partition coefficient (Wildman–Crippen LogP) is 4.02. The second-order valence-corrected chi connectivity index (χ2v) is 7.73. The van der Waals surface area contributed by atoms with Crippen molar-refractivity contribution >= 4 is 67.8 Å². The van der Waals surface area contributed by atoms with Gasteiger partial charge in [-0.25, -0.2) is 0 Å². The summed E-state index contributed by atoms with van der Waals surface area (Å²) in [5.74, 6) is 1.04. The maximum atomic E-state index is 5.98. The summed E-state index contributed by atoms with van der Waals surface area (Å²) in [6.07, 6.45) is 3.86. The van der Waals surface area contributed by atoms with E-state index in [1.165, 1.54) is 30.0 Å². The zero-order chi connectivity index (χ0) is 12.3. The van der Waals surface area contributed by atoms with Gasteiger partial charge in [-0.3, -0.25) is 0 Å². The molecule has 1 N–H and O–H groups in total. The maximum absolute atomic E-state index is 5.98. The first-order valence-corrected chi connectivity index (χ1v) is 8.91. The van der Waals surface area contributed by atoms with Crippen molar-refractivity contribution in [3.8, 4) is 5.75 Å². The number of hydrogen-bond donors (Lipinski definition) is 1.